The van der Waals surface area contributed by atoms with Gasteiger partial charge in [0.05, 0.1) is 18.0 Å². The third-order valence-electron chi connectivity index (χ3n) is 3.36. The standard InChI is InChI=1S/C16H16N4O/c1-12(16(21)17-13-7-3-2-4-8-13)11-20-15-10-6-5-9-14(15)18-19-20/h2-10,12H,11H2,1H3,(H,17,21)/t12-/m1/s1. The molecule has 0 bridgehead atoms. The summed E-state index contributed by atoms with van der Waals surface area (Å²) in [4.78, 5) is 12.2. The Labute approximate surface area is 122 Å². The lowest BCUT2D eigenvalue weighted by atomic mass is 10.1. The van der Waals surface area contributed by atoms with Gasteiger partial charge in [0.1, 0.15) is 5.52 Å². The zero-order valence-electron chi connectivity index (χ0n) is 11.7. The highest BCUT2D eigenvalue weighted by atomic mass is 16.1. The molecule has 21 heavy (non-hydrogen) atoms. The molecule has 2 aromatic carbocycles. The van der Waals surface area contributed by atoms with Crippen molar-refractivity contribution in [2.24, 2.45) is 5.92 Å². The van der Waals surface area contributed by atoms with Gasteiger partial charge >= 0.3 is 0 Å². The molecule has 0 radical (unpaired) electrons. The lowest BCUT2D eigenvalue weighted by Crippen LogP contribution is -2.24. The molecule has 5 heteroatoms. The van der Waals surface area contributed by atoms with Crippen LogP contribution in [0.5, 0.6) is 0 Å². The van der Waals surface area contributed by atoms with Crippen LogP contribution in [0.1, 0.15) is 6.92 Å². The number of carbonyl (C=O) groups excluding carboxylic acids is 1. The third-order valence-corrected chi connectivity index (χ3v) is 3.36. The summed E-state index contributed by atoms with van der Waals surface area (Å²) in [7, 11) is 0. The van der Waals surface area contributed by atoms with E-state index < -0.39 is 0 Å². The first kappa shape index (κ1) is 13.3. The average molecular weight is 280 g/mol. The van der Waals surface area contributed by atoms with E-state index >= 15 is 0 Å². The van der Waals surface area contributed by atoms with Gasteiger partial charge in [0.15, 0.2) is 0 Å². The van der Waals surface area contributed by atoms with Crippen molar-refractivity contribution < 1.29 is 4.79 Å². The number of fused-ring (bicyclic) bond motifs is 1. The van der Waals surface area contributed by atoms with Crippen molar-refractivity contribution in [3.8, 4) is 0 Å². The predicted octanol–water partition coefficient (Wildman–Crippen LogP) is 2.71. The monoisotopic (exact) mass is 280 g/mol. The summed E-state index contributed by atoms with van der Waals surface area (Å²) in [6.45, 7) is 2.38. The molecule has 0 aliphatic carbocycles. The van der Waals surface area contributed by atoms with Crippen molar-refractivity contribution in [1.29, 1.82) is 0 Å². The van der Waals surface area contributed by atoms with Crippen molar-refractivity contribution in [2.75, 3.05) is 5.32 Å². The lowest BCUT2D eigenvalue weighted by Gasteiger charge is -2.12. The van der Waals surface area contributed by atoms with Crippen LogP contribution in [-0.2, 0) is 11.3 Å². The summed E-state index contributed by atoms with van der Waals surface area (Å²) in [5.74, 6) is -0.226. The molecule has 1 amide bonds. The maximum absolute atomic E-state index is 12.2. The van der Waals surface area contributed by atoms with Crippen LogP contribution in [-0.4, -0.2) is 20.9 Å². The fraction of sp³-hybridized carbons (Fsp3) is 0.188. The molecule has 1 N–H and O–H groups in total. The fourth-order valence-electron chi connectivity index (χ4n) is 2.18. The number of para-hydroxylation sites is 2. The molecular formula is C16H16N4O. The van der Waals surface area contributed by atoms with Gasteiger partial charge in [-0.05, 0) is 24.3 Å². The minimum atomic E-state index is -0.199. The third kappa shape index (κ3) is 2.91. The first-order valence-electron chi connectivity index (χ1n) is 6.88. The largest absolute Gasteiger partial charge is 0.326 e. The van der Waals surface area contributed by atoms with Crippen LogP contribution in [0.25, 0.3) is 11.0 Å². The zero-order valence-corrected chi connectivity index (χ0v) is 11.7. The normalized spacial score (nSPS) is 12.2. The van der Waals surface area contributed by atoms with Gasteiger partial charge in [-0.3, -0.25) is 4.79 Å². The van der Waals surface area contributed by atoms with E-state index in [4.69, 9.17) is 0 Å². The van der Waals surface area contributed by atoms with Crippen molar-refractivity contribution >= 4 is 22.6 Å². The van der Waals surface area contributed by atoms with Crippen molar-refractivity contribution in [1.82, 2.24) is 15.0 Å². The molecule has 0 saturated heterocycles. The van der Waals surface area contributed by atoms with E-state index in [1.807, 2.05) is 61.5 Å². The second-order valence-corrected chi connectivity index (χ2v) is 5.02. The van der Waals surface area contributed by atoms with Crippen LogP contribution in [0.2, 0.25) is 0 Å². The Morgan fingerprint density at radius 1 is 1.14 bits per heavy atom. The van der Waals surface area contributed by atoms with Crippen molar-refractivity contribution in [3.05, 3.63) is 54.6 Å². The van der Waals surface area contributed by atoms with Gasteiger partial charge in [-0.15, -0.1) is 5.10 Å². The smallest absolute Gasteiger partial charge is 0.229 e. The van der Waals surface area contributed by atoms with Crippen LogP contribution in [0, 0.1) is 5.92 Å². The molecule has 1 aromatic heterocycles. The summed E-state index contributed by atoms with van der Waals surface area (Å²) in [6, 6.07) is 17.2. The van der Waals surface area contributed by atoms with Crippen LogP contribution >= 0.6 is 0 Å². The molecule has 0 saturated carbocycles. The highest BCUT2D eigenvalue weighted by Crippen LogP contribution is 2.13. The summed E-state index contributed by atoms with van der Waals surface area (Å²) in [5.41, 5.74) is 2.59. The first-order chi connectivity index (χ1) is 10.2. The van der Waals surface area contributed by atoms with E-state index in [1.54, 1.807) is 4.68 Å². The van der Waals surface area contributed by atoms with Gasteiger partial charge in [-0.2, -0.15) is 0 Å². The predicted molar refractivity (Wildman–Crippen MR) is 81.8 cm³/mol. The van der Waals surface area contributed by atoms with Gasteiger partial charge in [0.25, 0.3) is 0 Å². The highest BCUT2D eigenvalue weighted by molar-refractivity contribution is 5.92. The van der Waals surface area contributed by atoms with E-state index in [9.17, 15) is 4.79 Å². The van der Waals surface area contributed by atoms with Gasteiger partial charge in [-0.1, -0.05) is 42.5 Å². The second-order valence-electron chi connectivity index (χ2n) is 5.02. The van der Waals surface area contributed by atoms with Crippen molar-refractivity contribution in [3.63, 3.8) is 0 Å². The lowest BCUT2D eigenvalue weighted by molar-refractivity contribution is -0.119. The number of nitrogens with zero attached hydrogens (tertiary/aromatic N) is 3. The number of rotatable bonds is 4. The Balaban J connectivity index is 1.71. The Hall–Kier alpha value is -2.69. The Morgan fingerprint density at radius 2 is 1.86 bits per heavy atom. The van der Waals surface area contributed by atoms with Gasteiger partial charge in [-0.25, -0.2) is 4.68 Å². The Morgan fingerprint density at radius 3 is 2.67 bits per heavy atom. The number of benzene rings is 2. The molecule has 1 atom stereocenters. The molecule has 3 aromatic rings. The summed E-state index contributed by atoms with van der Waals surface area (Å²) in [6.07, 6.45) is 0. The Kier molecular flexibility index (Phi) is 3.64. The maximum atomic E-state index is 12.2. The van der Waals surface area contributed by atoms with E-state index in [2.05, 4.69) is 15.6 Å². The molecule has 0 spiro atoms. The molecule has 3 rings (SSSR count). The molecule has 1 heterocycles. The molecule has 0 aliphatic rings. The number of hydrogen-bond acceptors (Lipinski definition) is 3. The van der Waals surface area contributed by atoms with Gasteiger partial charge in [0, 0.05) is 5.69 Å². The first-order valence-corrected chi connectivity index (χ1v) is 6.88. The van der Waals surface area contributed by atoms with E-state index in [0.29, 0.717) is 6.54 Å². The van der Waals surface area contributed by atoms with Crippen molar-refractivity contribution in [2.45, 2.75) is 13.5 Å². The van der Waals surface area contributed by atoms with Crippen LogP contribution < -0.4 is 5.32 Å². The summed E-state index contributed by atoms with van der Waals surface area (Å²) < 4.78 is 1.77. The maximum Gasteiger partial charge on any atom is 0.229 e. The summed E-state index contributed by atoms with van der Waals surface area (Å²) >= 11 is 0. The van der Waals surface area contributed by atoms with E-state index in [0.717, 1.165) is 16.7 Å². The number of hydrogen-bond donors (Lipinski definition) is 1. The molecular weight excluding hydrogens is 264 g/mol. The molecule has 0 fully saturated rings. The van der Waals surface area contributed by atoms with Gasteiger partial charge < -0.3 is 5.32 Å². The molecule has 5 nitrogen and oxygen atoms in total. The second kappa shape index (κ2) is 5.75. The SMILES string of the molecule is C[C@H](Cn1nnc2ccccc21)C(=O)Nc1ccccc1. The van der Waals surface area contributed by atoms with E-state index in [1.165, 1.54) is 0 Å². The number of anilines is 1. The number of aromatic nitrogens is 3. The van der Waals surface area contributed by atoms with Gasteiger partial charge in [0.2, 0.25) is 5.91 Å². The number of carbonyl (C=O) groups is 1. The van der Waals surface area contributed by atoms with Crippen LogP contribution in [0.15, 0.2) is 54.6 Å². The zero-order chi connectivity index (χ0) is 14.7. The Bertz CT molecular complexity index is 751. The molecule has 0 unspecified atom stereocenters. The molecule has 0 aliphatic heterocycles. The van der Waals surface area contributed by atoms with E-state index in [-0.39, 0.29) is 11.8 Å². The number of nitrogens with one attached hydrogen (secondary N) is 1. The number of amides is 1. The topological polar surface area (TPSA) is 59.8 Å². The molecule has 106 valence electrons. The quantitative estimate of drug-likeness (QED) is 0.799. The van der Waals surface area contributed by atoms with Crippen LogP contribution in [0.3, 0.4) is 0 Å². The summed E-state index contributed by atoms with van der Waals surface area (Å²) in [5, 5.41) is 11.1. The van der Waals surface area contributed by atoms with Crippen LogP contribution in [0.4, 0.5) is 5.69 Å². The fourth-order valence-corrected chi connectivity index (χ4v) is 2.18. The highest BCUT2D eigenvalue weighted by Gasteiger charge is 2.15. The average Bonchev–Trinajstić information content (AvgIpc) is 2.91. The minimum absolute atomic E-state index is 0.0271. The minimum Gasteiger partial charge on any atom is -0.326 e.